The zero-order valence-electron chi connectivity index (χ0n) is 11.6. The number of carbonyl (C=O) groups is 2. The molecule has 0 aliphatic heterocycles. The summed E-state index contributed by atoms with van der Waals surface area (Å²) in [5, 5.41) is 10.4. The first-order valence-electron chi connectivity index (χ1n) is 6.46. The van der Waals surface area contributed by atoms with Gasteiger partial charge in [-0.25, -0.2) is 4.79 Å². The maximum absolute atomic E-state index is 12.3. The van der Waals surface area contributed by atoms with Crippen molar-refractivity contribution in [3.8, 4) is 0 Å². The first kappa shape index (κ1) is 15.4. The number of ether oxygens (including phenoxy) is 1. The van der Waals surface area contributed by atoms with Gasteiger partial charge in [-0.3, -0.25) is 4.79 Å². The second-order valence-electron chi connectivity index (χ2n) is 4.45. The van der Waals surface area contributed by atoms with Crippen molar-refractivity contribution < 1.29 is 19.4 Å². The lowest BCUT2D eigenvalue weighted by molar-refractivity contribution is -0.169. The molecule has 2 unspecified atom stereocenters. The van der Waals surface area contributed by atoms with Crippen LogP contribution < -0.4 is 0 Å². The van der Waals surface area contributed by atoms with E-state index >= 15 is 0 Å². The quantitative estimate of drug-likeness (QED) is 0.632. The van der Waals surface area contributed by atoms with Gasteiger partial charge in [-0.15, -0.1) is 0 Å². The first-order chi connectivity index (χ1) is 8.97. The summed E-state index contributed by atoms with van der Waals surface area (Å²) in [7, 11) is 0. The van der Waals surface area contributed by atoms with E-state index in [1.165, 1.54) is 0 Å². The van der Waals surface area contributed by atoms with Crippen molar-refractivity contribution in [2.45, 2.75) is 32.8 Å². The summed E-state index contributed by atoms with van der Waals surface area (Å²) in [5.41, 5.74) is -1.30. The zero-order valence-corrected chi connectivity index (χ0v) is 11.6. The molecule has 4 heteroatoms. The molecule has 1 rings (SSSR count). The van der Waals surface area contributed by atoms with E-state index in [2.05, 4.69) is 0 Å². The van der Waals surface area contributed by atoms with Crippen molar-refractivity contribution in [1.82, 2.24) is 0 Å². The van der Waals surface area contributed by atoms with E-state index in [0.717, 1.165) is 0 Å². The zero-order chi connectivity index (χ0) is 14.5. The Labute approximate surface area is 113 Å². The Morgan fingerprint density at radius 1 is 1.26 bits per heavy atom. The lowest BCUT2D eigenvalue weighted by atomic mass is 9.81. The minimum Gasteiger partial charge on any atom is -0.464 e. The molecule has 0 fully saturated rings. The molecule has 0 spiro atoms. The van der Waals surface area contributed by atoms with Crippen LogP contribution in [0.5, 0.6) is 0 Å². The van der Waals surface area contributed by atoms with E-state index in [1.807, 2.05) is 0 Å². The third-order valence-corrected chi connectivity index (χ3v) is 3.34. The van der Waals surface area contributed by atoms with Gasteiger partial charge in [0.15, 0.2) is 11.4 Å². The van der Waals surface area contributed by atoms with Crippen LogP contribution in [0.1, 0.15) is 37.6 Å². The van der Waals surface area contributed by atoms with Gasteiger partial charge in [0.25, 0.3) is 0 Å². The molecule has 0 saturated carbocycles. The monoisotopic (exact) mass is 264 g/mol. The SMILES string of the molecule is CCOC(=O)C(O)(CC)C(C)C(=O)c1ccccc1. The second-order valence-corrected chi connectivity index (χ2v) is 4.45. The van der Waals surface area contributed by atoms with Crippen LogP contribution in [0.4, 0.5) is 0 Å². The summed E-state index contributed by atoms with van der Waals surface area (Å²) in [4.78, 5) is 24.1. The van der Waals surface area contributed by atoms with Gasteiger partial charge in [0.05, 0.1) is 12.5 Å². The molecule has 0 aliphatic rings. The molecule has 2 atom stereocenters. The van der Waals surface area contributed by atoms with Crippen molar-refractivity contribution >= 4 is 11.8 Å². The van der Waals surface area contributed by atoms with Crippen molar-refractivity contribution in [3.05, 3.63) is 35.9 Å². The molecule has 0 aliphatic carbocycles. The summed E-state index contributed by atoms with van der Waals surface area (Å²) < 4.78 is 4.86. The van der Waals surface area contributed by atoms with Crippen molar-refractivity contribution in [2.24, 2.45) is 5.92 Å². The molecule has 4 nitrogen and oxygen atoms in total. The molecule has 19 heavy (non-hydrogen) atoms. The van der Waals surface area contributed by atoms with E-state index < -0.39 is 17.5 Å². The number of ketones is 1. The van der Waals surface area contributed by atoms with Crippen LogP contribution >= 0.6 is 0 Å². The fourth-order valence-corrected chi connectivity index (χ4v) is 1.95. The number of benzene rings is 1. The van der Waals surface area contributed by atoms with Gasteiger partial charge >= 0.3 is 5.97 Å². The Hall–Kier alpha value is -1.68. The van der Waals surface area contributed by atoms with Crippen LogP contribution in [0, 0.1) is 5.92 Å². The average Bonchev–Trinajstić information content (AvgIpc) is 2.46. The standard InChI is InChI=1S/C15H20O4/c1-4-15(18,14(17)19-5-2)11(3)13(16)12-9-7-6-8-10-12/h6-11,18H,4-5H2,1-3H3. The van der Waals surface area contributed by atoms with Gasteiger partial charge in [0.1, 0.15) is 0 Å². The van der Waals surface area contributed by atoms with Crippen LogP contribution in [0.25, 0.3) is 0 Å². The van der Waals surface area contributed by atoms with Crippen molar-refractivity contribution in [2.75, 3.05) is 6.61 Å². The number of aliphatic hydroxyl groups is 1. The largest absolute Gasteiger partial charge is 0.464 e. The number of rotatable bonds is 6. The van der Waals surface area contributed by atoms with Gasteiger partial charge in [0, 0.05) is 5.56 Å². The minimum atomic E-state index is -1.77. The van der Waals surface area contributed by atoms with Crippen LogP contribution in [-0.2, 0) is 9.53 Å². The highest BCUT2D eigenvalue weighted by Crippen LogP contribution is 2.26. The third kappa shape index (κ3) is 3.20. The Morgan fingerprint density at radius 2 is 1.84 bits per heavy atom. The van der Waals surface area contributed by atoms with Crippen molar-refractivity contribution in [1.29, 1.82) is 0 Å². The highest BCUT2D eigenvalue weighted by molar-refractivity contribution is 6.01. The van der Waals surface area contributed by atoms with E-state index in [-0.39, 0.29) is 18.8 Å². The highest BCUT2D eigenvalue weighted by Gasteiger charge is 2.45. The highest BCUT2D eigenvalue weighted by atomic mass is 16.5. The van der Waals surface area contributed by atoms with Crippen molar-refractivity contribution in [3.63, 3.8) is 0 Å². The lowest BCUT2D eigenvalue weighted by Crippen LogP contribution is -2.48. The predicted octanol–water partition coefficient (Wildman–Crippen LogP) is 2.21. The number of esters is 1. The number of hydrogen-bond acceptors (Lipinski definition) is 4. The summed E-state index contributed by atoms with van der Waals surface area (Å²) in [6.07, 6.45) is 0.131. The van der Waals surface area contributed by atoms with Gasteiger partial charge in [-0.1, -0.05) is 44.2 Å². The topological polar surface area (TPSA) is 63.6 Å². The maximum atomic E-state index is 12.3. The average molecular weight is 264 g/mol. The van der Waals surface area contributed by atoms with E-state index in [9.17, 15) is 14.7 Å². The smallest absolute Gasteiger partial charge is 0.338 e. The minimum absolute atomic E-state index is 0.131. The van der Waals surface area contributed by atoms with Gasteiger partial charge in [-0.05, 0) is 13.3 Å². The predicted molar refractivity (Wildman–Crippen MR) is 71.8 cm³/mol. The lowest BCUT2D eigenvalue weighted by Gasteiger charge is -2.29. The van der Waals surface area contributed by atoms with Crippen LogP contribution in [0.3, 0.4) is 0 Å². The molecule has 0 saturated heterocycles. The fourth-order valence-electron chi connectivity index (χ4n) is 1.95. The van der Waals surface area contributed by atoms with Gasteiger partial charge < -0.3 is 9.84 Å². The molecule has 0 amide bonds. The van der Waals surface area contributed by atoms with E-state index in [1.54, 1.807) is 51.1 Å². The molecule has 0 bridgehead atoms. The molecule has 104 valence electrons. The Morgan fingerprint density at radius 3 is 2.32 bits per heavy atom. The van der Waals surface area contributed by atoms with Crippen LogP contribution in [0.2, 0.25) is 0 Å². The molecule has 1 N–H and O–H groups in total. The third-order valence-electron chi connectivity index (χ3n) is 3.34. The number of hydrogen-bond donors (Lipinski definition) is 1. The molecule has 1 aromatic carbocycles. The molecule has 0 aromatic heterocycles. The number of Topliss-reactive ketones (excluding diaryl/α,β-unsaturated/α-hetero) is 1. The molecule has 1 aromatic rings. The van der Waals surface area contributed by atoms with E-state index in [0.29, 0.717) is 5.56 Å². The van der Waals surface area contributed by atoms with Gasteiger partial charge in [-0.2, -0.15) is 0 Å². The first-order valence-corrected chi connectivity index (χ1v) is 6.46. The normalized spacial score (nSPS) is 15.4. The molecule has 0 heterocycles. The van der Waals surface area contributed by atoms with E-state index in [4.69, 9.17) is 4.74 Å². The Balaban J connectivity index is 2.99. The fraction of sp³-hybridized carbons (Fsp3) is 0.467. The summed E-state index contributed by atoms with van der Waals surface area (Å²) >= 11 is 0. The maximum Gasteiger partial charge on any atom is 0.338 e. The number of carbonyl (C=O) groups excluding carboxylic acids is 2. The summed E-state index contributed by atoms with van der Waals surface area (Å²) in [6.45, 7) is 5.05. The Bertz CT molecular complexity index is 441. The summed E-state index contributed by atoms with van der Waals surface area (Å²) in [5.74, 6) is -1.86. The Kier molecular flexibility index (Phi) is 5.24. The van der Waals surface area contributed by atoms with Gasteiger partial charge in [0.2, 0.25) is 0 Å². The van der Waals surface area contributed by atoms with Crippen LogP contribution in [0.15, 0.2) is 30.3 Å². The second kappa shape index (κ2) is 6.48. The molecular weight excluding hydrogens is 244 g/mol. The summed E-state index contributed by atoms with van der Waals surface area (Å²) in [6, 6.07) is 8.63. The molecular formula is C15H20O4. The molecule has 0 radical (unpaired) electrons. The van der Waals surface area contributed by atoms with Crippen LogP contribution in [-0.4, -0.2) is 29.1 Å².